The first-order chi connectivity index (χ1) is 13.6. The first-order valence-electron chi connectivity index (χ1n) is 8.75. The summed E-state index contributed by atoms with van der Waals surface area (Å²) in [4.78, 5) is 37.5. The zero-order valence-corrected chi connectivity index (χ0v) is 15.2. The Morgan fingerprint density at radius 1 is 1.14 bits per heavy atom. The number of nitrogens with zero attached hydrogens (tertiary/aromatic N) is 5. The summed E-state index contributed by atoms with van der Waals surface area (Å²) in [6, 6.07) is 14.5. The number of amides is 1. The number of nitrogens with one attached hydrogen (secondary N) is 1. The number of fused-ring (bicyclic) bond motifs is 1. The van der Waals surface area contributed by atoms with Crippen LogP contribution in [-0.2, 0) is 13.1 Å². The summed E-state index contributed by atoms with van der Waals surface area (Å²) in [5, 5.41) is 4.60. The summed E-state index contributed by atoms with van der Waals surface area (Å²) in [5.74, 6) is 0.297. The molecule has 2 heterocycles. The number of carbonyl (C=O) groups is 1. The van der Waals surface area contributed by atoms with E-state index in [1.165, 1.54) is 11.2 Å². The van der Waals surface area contributed by atoms with Gasteiger partial charge >= 0.3 is 0 Å². The van der Waals surface area contributed by atoms with Gasteiger partial charge in [-0.2, -0.15) is 5.10 Å². The van der Waals surface area contributed by atoms with Crippen LogP contribution in [0.5, 0.6) is 0 Å². The Morgan fingerprint density at radius 2 is 1.93 bits per heavy atom. The summed E-state index contributed by atoms with van der Waals surface area (Å²) in [7, 11) is 1.68. The Morgan fingerprint density at radius 3 is 2.68 bits per heavy atom. The van der Waals surface area contributed by atoms with Gasteiger partial charge < -0.3 is 9.88 Å². The lowest BCUT2D eigenvalue weighted by Gasteiger charge is -2.17. The SMILES string of the molecule is CN(Cc1nc2ccccc2c(=O)[nH]1)C(=O)c1ccc(Cn2cncn2)cc1. The first kappa shape index (κ1) is 17.6. The second-order valence-corrected chi connectivity index (χ2v) is 6.48. The van der Waals surface area contributed by atoms with E-state index in [1.807, 2.05) is 18.2 Å². The van der Waals surface area contributed by atoms with Gasteiger partial charge in [-0.1, -0.05) is 24.3 Å². The molecule has 0 saturated heterocycles. The highest BCUT2D eigenvalue weighted by Crippen LogP contribution is 2.11. The molecular formula is C20H18N6O2. The zero-order chi connectivity index (χ0) is 19.5. The normalized spacial score (nSPS) is 10.9. The topological polar surface area (TPSA) is 96.8 Å². The molecule has 0 bridgehead atoms. The third-order valence-electron chi connectivity index (χ3n) is 4.41. The minimum absolute atomic E-state index is 0.150. The zero-order valence-electron chi connectivity index (χ0n) is 15.2. The van der Waals surface area contributed by atoms with Crippen molar-refractivity contribution in [1.29, 1.82) is 0 Å². The number of benzene rings is 2. The highest BCUT2D eigenvalue weighted by Gasteiger charge is 2.14. The third kappa shape index (κ3) is 3.66. The molecule has 0 spiro atoms. The molecule has 140 valence electrons. The fourth-order valence-electron chi connectivity index (χ4n) is 2.98. The van der Waals surface area contributed by atoms with E-state index in [0.29, 0.717) is 28.8 Å². The maximum atomic E-state index is 12.7. The smallest absolute Gasteiger partial charge is 0.258 e. The number of carbonyl (C=O) groups excluding carboxylic acids is 1. The highest BCUT2D eigenvalue weighted by atomic mass is 16.2. The summed E-state index contributed by atoms with van der Waals surface area (Å²) in [6.45, 7) is 0.798. The Labute approximate surface area is 160 Å². The summed E-state index contributed by atoms with van der Waals surface area (Å²) in [6.07, 6.45) is 3.13. The van der Waals surface area contributed by atoms with Crippen molar-refractivity contribution in [3.63, 3.8) is 0 Å². The summed E-state index contributed by atoms with van der Waals surface area (Å²) in [5.41, 5.74) is 1.98. The van der Waals surface area contributed by atoms with Crippen LogP contribution in [-0.4, -0.2) is 42.6 Å². The van der Waals surface area contributed by atoms with Crippen LogP contribution < -0.4 is 5.56 Å². The van der Waals surface area contributed by atoms with Gasteiger partial charge in [-0.25, -0.2) is 14.6 Å². The predicted octanol–water partition coefficient (Wildman–Crippen LogP) is 1.84. The van der Waals surface area contributed by atoms with E-state index in [-0.39, 0.29) is 18.0 Å². The van der Waals surface area contributed by atoms with Crippen molar-refractivity contribution < 1.29 is 4.79 Å². The monoisotopic (exact) mass is 374 g/mol. The molecule has 0 atom stereocenters. The molecule has 2 aromatic carbocycles. The molecule has 1 amide bonds. The van der Waals surface area contributed by atoms with Crippen molar-refractivity contribution in [3.8, 4) is 0 Å². The van der Waals surface area contributed by atoms with Crippen LogP contribution in [0.4, 0.5) is 0 Å². The van der Waals surface area contributed by atoms with E-state index >= 15 is 0 Å². The number of rotatable bonds is 5. The molecule has 2 aromatic heterocycles. The molecule has 0 aliphatic carbocycles. The number of aromatic nitrogens is 5. The van der Waals surface area contributed by atoms with E-state index in [9.17, 15) is 9.59 Å². The molecule has 28 heavy (non-hydrogen) atoms. The Hall–Kier alpha value is -3.81. The van der Waals surface area contributed by atoms with E-state index in [0.717, 1.165) is 5.56 Å². The predicted molar refractivity (Wildman–Crippen MR) is 104 cm³/mol. The third-order valence-corrected chi connectivity index (χ3v) is 4.41. The van der Waals surface area contributed by atoms with Crippen LogP contribution in [0.1, 0.15) is 21.7 Å². The molecule has 0 aliphatic rings. The molecular weight excluding hydrogens is 356 g/mol. The minimum atomic E-state index is -0.209. The minimum Gasteiger partial charge on any atom is -0.334 e. The lowest BCUT2D eigenvalue weighted by Crippen LogP contribution is -2.28. The van der Waals surface area contributed by atoms with Crippen molar-refractivity contribution in [3.05, 3.63) is 88.5 Å². The maximum absolute atomic E-state index is 12.7. The number of para-hydroxylation sites is 1. The number of aromatic amines is 1. The number of hydrogen-bond donors (Lipinski definition) is 1. The Bertz CT molecular complexity index is 1170. The fraction of sp³-hybridized carbons (Fsp3) is 0.150. The highest BCUT2D eigenvalue weighted by molar-refractivity contribution is 5.94. The lowest BCUT2D eigenvalue weighted by molar-refractivity contribution is 0.0781. The molecule has 4 rings (SSSR count). The van der Waals surface area contributed by atoms with Crippen molar-refractivity contribution in [2.75, 3.05) is 7.05 Å². The van der Waals surface area contributed by atoms with E-state index in [4.69, 9.17) is 0 Å². The Balaban J connectivity index is 1.48. The lowest BCUT2D eigenvalue weighted by atomic mass is 10.1. The summed E-state index contributed by atoms with van der Waals surface area (Å²) >= 11 is 0. The van der Waals surface area contributed by atoms with Gasteiger partial charge in [0.05, 0.1) is 24.0 Å². The molecule has 4 aromatic rings. The van der Waals surface area contributed by atoms with E-state index in [1.54, 1.807) is 48.4 Å². The molecule has 0 fully saturated rings. The number of H-pyrrole nitrogens is 1. The molecule has 0 unspecified atom stereocenters. The van der Waals surface area contributed by atoms with Gasteiger partial charge in [0.2, 0.25) is 0 Å². The van der Waals surface area contributed by atoms with Crippen LogP contribution in [0.25, 0.3) is 10.9 Å². The fourth-order valence-corrected chi connectivity index (χ4v) is 2.98. The van der Waals surface area contributed by atoms with Gasteiger partial charge in [0.25, 0.3) is 11.5 Å². The molecule has 0 radical (unpaired) electrons. The van der Waals surface area contributed by atoms with Gasteiger partial charge in [0.1, 0.15) is 18.5 Å². The molecule has 8 nitrogen and oxygen atoms in total. The van der Waals surface area contributed by atoms with Gasteiger partial charge in [0.15, 0.2) is 0 Å². The number of hydrogen-bond acceptors (Lipinski definition) is 5. The van der Waals surface area contributed by atoms with Gasteiger partial charge in [-0.15, -0.1) is 0 Å². The summed E-state index contributed by atoms with van der Waals surface area (Å²) < 4.78 is 1.71. The second kappa shape index (κ2) is 7.43. The standard InChI is InChI=1S/C20H18N6O2/c1-25(11-18-23-17-5-3-2-4-16(17)19(27)24-18)20(28)15-8-6-14(7-9-15)10-26-13-21-12-22-26/h2-9,12-13H,10-11H2,1H3,(H,23,24,27). The van der Waals surface area contributed by atoms with Crippen molar-refractivity contribution in [1.82, 2.24) is 29.6 Å². The first-order valence-corrected chi connectivity index (χ1v) is 8.75. The van der Waals surface area contributed by atoms with Crippen molar-refractivity contribution in [2.45, 2.75) is 13.1 Å². The van der Waals surface area contributed by atoms with Crippen LogP contribution in [0.2, 0.25) is 0 Å². The average molecular weight is 374 g/mol. The van der Waals surface area contributed by atoms with Gasteiger partial charge in [-0.3, -0.25) is 9.59 Å². The maximum Gasteiger partial charge on any atom is 0.258 e. The quantitative estimate of drug-likeness (QED) is 0.575. The van der Waals surface area contributed by atoms with Crippen LogP contribution >= 0.6 is 0 Å². The van der Waals surface area contributed by atoms with E-state index in [2.05, 4.69) is 20.1 Å². The van der Waals surface area contributed by atoms with Crippen molar-refractivity contribution in [2.24, 2.45) is 0 Å². The largest absolute Gasteiger partial charge is 0.334 e. The molecule has 1 N–H and O–H groups in total. The molecule has 0 aliphatic heterocycles. The molecule has 0 saturated carbocycles. The molecule has 8 heteroatoms. The van der Waals surface area contributed by atoms with Crippen LogP contribution in [0.15, 0.2) is 66.0 Å². The average Bonchev–Trinajstić information content (AvgIpc) is 3.21. The Kier molecular flexibility index (Phi) is 4.67. The van der Waals surface area contributed by atoms with Crippen molar-refractivity contribution >= 4 is 16.8 Å². The van der Waals surface area contributed by atoms with Gasteiger partial charge in [0, 0.05) is 12.6 Å². The van der Waals surface area contributed by atoms with Gasteiger partial charge in [-0.05, 0) is 29.8 Å². The van der Waals surface area contributed by atoms with Crippen LogP contribution in [0.3, 0.4) is 0 Å². The van der Waals surface area contributed by atoms with Crippen LogP contribution in [0, 0.1) is 0 Å². The second-order valence-electron chi connectivity index (χ2n) is 6.48. The van der Waals surface area contributed by atoms with E-state index < -0.39 is 0 Å².